The van der Waals surface area contributed by atoms with Gasteiger partial charge in [-0.25, -0.2) is 4.79 Å². The van der Waals surface area contributed by atoms with Crippen LogP contribution in [0, 0.1) is 5.92 Å². The molecule has 0 unspecified atom stereocenters. The predicted molar refractivity (Wildman–Crippen MR) is 103 cm³/mol. The average molecular weight is 390 g/mol. The molecule has 6 heteroatoms. The van der Waals surface area contributed by atoms with Crippen LogP contribution in [0.25, 0.3) is 0 Å². The zero-order valence-electron chi connectivity index (χ0n) is 20.9. The van der Waals surface area contributed by atoms with E-state index in [2.05, 4.69) is 0 Å². The minimum Gasteiger partial charge on any atom is -0.480 e. The Hall–Kier alpha value is -2.37. The van der Waals surface area contributed by atoms with Gasteiger partial charge >= 0.3 is 5.97 Å². The Balaban J connectivity index is 1.61. The summed E-state index contributed by atoms with van der Waals surface area (Å²) >= 11 is 0. The van der Waals surface area contributed by atoms with Crippen LogP contribution in [0.1, 0.15) is 57.9 Å². The lowest BCUT2D eigenvalue weighted by molar-refractivity contribution is -0.168. The number of aliphatic carboxylic acids is 1. The first kappa shape index (κ1) is 13.7. The minimum absolute atomic E-state index is 0.00389. The van der Waals surface area contributed by atoms with E-state index in [1.807, 2.05) is 0 Å². The van der Waals surface area contributed by atoms with E-state index in [1.54, 1.807) is 11.8 Å². The summed E-state index contributed by atoms with van der Waals surface area (Å²) in [6.07, 6.45) is 4.17. The topological polar surface area (TPSA) is 77.9 Å². The highest BCUT2D eigenvalue weighted by Gasteiger charge is 2.55. The Kier molecular flexibility index (Phi) is 3.72. The van der Waals surface area contributed by atoms with Gasteiger partial charge in [0.05, 0.1) is 6.85 Å². The third kappa shape index (κ3) is 3.19. The molecule has 2 aliphatic heterocycles. The quantitative estimate of drug-likeness (QED) is 0.839. The van der Waals surface area contributed by atoms with Gasteiger partial charge in [0.1, 0.15) is 18.1 Å². The minimum atomic E-state index is -1.33. The Bertz CT molecular complexity index is 990. The Morgan fingerprint density at radius 2 is 1.93 bits per heavy atom. The van der Waals surface area contributed by atoms with Crippen molar-refractivity contribution in [3.05, 3.63) is 35.8 Å². The second-order valence-corrected chi connectivity index (χ2v) is 8.03. The standard InChI is InChI=1S/C22H28N2O4/c1-14-20(25)24-17-10-6-5-9-16(17)13-19(24)21(26)23(14)18(22(27)28)12-11-15-7-3-2-4-8-15/h2-4,7-8,14,16-19H,5-6,9-13H2,1H3,(H,27,28)/t14-,16+,17-,18+,19-/m0/s1/i2D,3D,4D,7D,8D. The van der Waals surface area contributed by atoms with Gasteiger partial charge in [0.2, 0.25) is 11.8 Å². The molecule has 3 aliphatic rings. The van der Waals surface area contributed by atoms with Crippen LogP contribution in [0.3, 0.4) is 0 Å². The molecular weight excluding hydrogens is 356 g/mol. The molecule has 2 saturated heterocycles. The first-order valence-electron chi connectivity index (χ1n) is 12.5. The number of piperazine rings is 1. The number of carboxylic acids is 1. The predicted octanol–water partition coefficient (Wildman–Crippen LogP) is 2.46. The van der Waals surface area contributed by atoms with Crippen molar-refractivity contribution < 1.29 is 26.3 Å². The SMILES string of the molecule is [2H]c1c([2H])c([2H])c(CC[C@H](C(=O)O)N2C(=O)[C@@H]3C[C@H]4CCCC[C@@H]4N3C(=O)[C@@H]2C)c([2H])c1[2H]. The molecule has 0 bridgehead atoms. The molecule has 1 aromatic carbocycles. The number of benzene rings is 1. The summed E-state index contributed by atoms with van der Waals surface area (Å²) in [6, 6.07) is -5.13. The molecule has 1 saturated carbocycles. The molecule has 3 fully saturated rings. The number of hydrogen-bond acceptors (Lipinski definition) is 3. The van der Waals surface area contributed by atoms with Crippen molar-refractivity contribution in [1.29, 1.82) is 0 Å². The molecule has 1 N–H and O–H groups in total. The molecule has 1 aliphatic carbocycles. The van der Waals surface area contributed by atoms with Gasteiger partial charge in [-0.05, 0) is 50.5 Å². The maximum Gasteiger partial charge on any atom is 0.326 e. The van der Waals surface area contributed by atoms with Crippen molar-refractivity contribution in [2.45, 2.75) is 76.0 Å². The maximum absolute atomic E-state index is 13.5. The first-order chi connectivity index (χ1) is 15.6. The number of carbonyl (C=O) groups excluding carboxylic acids is 2. The van der Waals surface area contributed by atoms with E-state index in [9.17, 15) is 19.5 Å². The number of carboxylic acid groups (broad SMARTS) is 1. The fourth-order valence-electron chi connectivity index (χ4n) is 5.18. The van der Waals surface area contributed by atoms with Gasteiger partial charge in [0.25, 0.3) is 0 Å². The molecule has 6 nitrogen and oxygen atoms in total. The summed E-state index contributed by atoms with van der Waals surface area (Å²) in [7, 11) is 0. The summed E-state index contributed by atoms with van der Waals surface area (Å²) in [5.74, 6) is -1.62. The summed E-state index contributed by atoms with van der Waals surface area (Å²) in [6.45, 7) is 1.55. The number of rotatable bonds is 5. The normalized spacial score (nSPS) is 33.2. The second-order valence-electron chi connectivity index (χ2n) is 8.03. The molecule has 0 radical (unpaired) electrons. The van der Waals surface area contributed by atoms with E-state index in [4.69, 9.17) is 6.85 Å². The van der Waals surface area contributed by atoms with E-state index in [-0.39, 0.29) is 54.3 Å². The van der Waals surface area contributed by atoms with E-state index >= 15 is 0 Å². The number of fused-ring (bicyclic) bond motifs is 3. The first-order valence-corrected chi connectivity index (χ1v) is 9.99. The van der Waals surface area contributed by atoms with Gasteiger partial charge in [-0.3, -0.25) is 9.59 Å². The number of carbonyl (C=O) groups is 3. The van der Waals surface area contributed by atoms with Crippen molar-refractivity contribution in [2.75, 3.05) is 0 Å². The smallest absolute Gasteiger partial charge is 0.326 e. The summed E-state index contributed by atoms with van der Waals surface area (Å²) in [4.78, 5) is 41.8. The van der Waals surface area contributed by atoms with Crippen molar-refractivity contribution in [1.82, 2.24) is 9.80 Å². The van der Waals surface area contributed by atoms with E-state index in [0.29, 0.717) is 6.42 Å². The van der Waals surface area contributed by atoms with E-state index in [1.165, 1.54) is 0 Å². The molecule has 2 amide bonds. The van der Waals surface area contributed by atoms with Crippen LogP contribution < -0.4 is 0 Å². The fraction of sp³-hybridized carbons (Fsp3) is 0.591. The molecule has 2 heterocycles. The van der Waals surface area contributed by atoms with Gasteiger partial charge in [0.15, 0.2) is 0 Å². The fourth-order valence-corrected chi connectivity index (χ4v) is 5.18. The number of nitrogens with zero attached hydrogens (tertiary/aromatic N) is 2. The monoisotopic (exact) mass is 389 g/mol. The molecular formula is C22H28N2O4. The van der Waals surface area contributed by atoms with Crippen LogP contribution >= 0.6 is 0 Å². The van der Waals surface area contributed by atoms with Crippen LogP contribution in [-0.2, 0) is 20.8 Å². The van der Waals surface area contributed by atoms with Crippen LogP contribution in [0.5, 0.6) is 0 Å². The number of amides is 2. The zero-order valence-corrected chi connectivity index (χ0v) is 15.9. The second kappa shape index (κ2) is 7.57. The summed E-state index contributed by atoms with van der Waals surface area (Å²) in [5, 5.41) is 9.95. The van der Waals surface area contributed by atoms with Crippen LogP contribution in [0.15, 0.2) is 30.2 Å². The van der Waals surface area contributed by atoms with E-state index < -0.39 is 42.2 Å². The average Bonchev–Trinajstić information content (AvgIpc) is 3.18. The van der Waals surface area contributed by atoms with Crippen LogP contribution in [0.2, 0.25) is 0 Å². The van der Waals surface area contributed by atoms with Gasteiger partial charge in [-0.15, -0.1) is 0 Å². The summed E-state index contributed by atoms with van der Waals surface area (Å²) < 4.78 is 39.5. The Morgan fingerprint density at radius 3 is 2.64 bits per heavy atom. The molecule has 1 aromatic rings. The zero-order chi connectivity index (χ0) is 24.2. The van der Waals surface area contributed by atoms with Gasteiger partial charge in [-0.2, -0.15) is 0 Å². The van der Waals surface area contributed by atoms with E-state index in [0.717, 1.165) is 30.6 Å². The van der Waals surface area contributed by atoms with Crippen molar-refractivity contribution in [2.24, 2.45) is 5.92 Å². The highest BCUT2D eigenvalue weighted by Crippen LogP contribution is 2.43. The van der Waals surface area contributed by atoms with Crippen LogP contribution in [0.4, 0.5) is 0 Å². The van der Waals surface area contributed by atoms with Crippen LogP contribution in [-0.4, -0.2) is 56.9 Å². The van der Waals surface area contributed by atoms with Gasteiger partial charge in [0, 0.05) is 6.04 Å². The van der Waals surface area contributed by atoms with Crippen molar-refractivity contribution in [3.8, 4) is 0 Å². The Labute approximate surface area is 172 Å². The number of hydrogen-bond donors (Lipinski definition) is 1. The molecule has 0 aromatic heterocycles. The highest BCUT2D eigenvalue weighted by atomic mass is 16.4. The maximum atomic E-state index is 13.5. The lowest BCUT2D eigenvalue weighted by atomic mass is 9.85. The van der Waals surface area contributed by atoms with Crippen molar-refractivity contribution in [3.63, 3.8) is 0 Å². The molecule has 0 spiro atoms. The lowest BCUT2D eigenvalue weighted by Gasteiger charge is -2.45. The summed E-state index contributed by atoms with van der Waals surface area (Å²) in [5.41, 5.74) is 0.00389. The van der Waals surface area contributed by atoms with Crippen molar-refractivity contribution >= 4 is 17.8 Å². The molecule has 28 heavy (non-hydrogen) atoms. The molecule has 4 rings (SSSR count). The third-order valence-electron chi connectivity index (χ3n) is 6.50. The van der Waals surface area contributed by atoms with Gasteiger partial charge < -0.3 is 14.9 Å². The largest absolute Gasteiger partial charge is 0.480 e. The molecule has 5 atom stereocenters. The Morgan fingerprint density at radius 1 is 1.21 bits per heavy atom. The highest BCUT2D eigenvalue weighted by molar-refractivity contribution is 5.99. The third-order valence-corrected chi connectivity index (χ3v) is 6.50. The lowest BCUT2D eigenvalue weighted by Crippen LogP contribution is -2.66. The van der Waals surface area contributed by atoms with Gasteiger partial charge in [-0.1, -0.05) is 43.1 Å². The molecule has 150 valence electrons.